The summed E-state index contributed by atoms with van der Waals surface area (Å²) in [5.41, 5.74) is 0.168. The zero-order valence-corrected chi connectivity index (χ0v) is 21.8. The van der Waals surface area contributed by atoms with Crippen molar-refractivity contribution < 1.29 is 13.2 Å². The Labute approximate surface area is 209 Å². The fraction of sp³-hybridized carbons (Fsp3) is 0.476. The Morgan fingerprint density at radius 3 is 2.53 bits per heavy atom. The molecule has 0 saturated carbocycles. The third-order valence-electron chi connectivity index (χ3n) is 5.51. The maximum Gasteiger partial charge on any atom is 0.287 e. The lowest BCUT2D eigenvalue weighted by atomic mass is 10.2. The zero-order chi connectivity index (χ0) is 25.2. The summed E-state index contributed by atoms with van der Waals surface area (Å²) < 4.78 is 29.0. The number of halogens is 2. The third-order valence-corrected chi connectivity index (χ3v) is 8.36. The van der Waals surface area contributed by atoms with Crippen LogP contribution < -0.4 is 15.8 Å². The van der Waals surface area contributed by atoms with Crippen LogP contribution in [0, 0.1) is 6.92 Å². The van der Waals surface area contributed by atoms with E-state index >= 15 is 0 Å². The van der Waals surface area contributed by atoms with Crippen molar-refractivity contribution in [1.82, 2.24) is 19.0 Å². The molecular weight excluding hydrogens is 503 g/mol. The SMILES string of the molecule is Cc1ccc(NC(=O)Cn2nc(N(C)C)c(Cl)c(Cl)c2=O)cc1S(=O)(=O)N1CCCN(C)CC1. The minimum atomic E-state index is -3.74. The number of hydrogen-bond acceptors (Lipinski definition) is 7. The lowest BCUT2D eigenvalue weighted by Crippen LogP contribution is -2.35. The number of aryl methyl sites for hydroxylation is 1. The highest BCUT2D eigenvalue weighted by Gasteiger charge is 2.28. The van der Waals surface area contributed by atoms with E-state index in [1.807, 2.05) is 7.05 Å². The smallest absolute Gasteiger partial charge is 0.287 e. The lowest BCUT2D eigenvalue weighted by Gasteiger charge is -2.22. The van der Waals surface area contributed by atoms with Crippen LogP contribution in [0.3, 0.4) is 0 Å². The molecule has 34 heavy (non-hydrogen) atoms. The minimum absolute atomic E-state index is 0.00131. The molecule has 0 atom stereocenters. The number of benzene rings is 1. The Bertz CT molecular complexity index is 1250. The van der Waals surface area contributed by atoms with Crippen LogP contribution in [0.2, 0.25) is 10.0 Å². The zero-order valence-electron chi connectivity index (χ0n) is 19.5. The molecule has 2 aromatic rings. The predicted octanol–water partition coefficient (Wildman–Crippen LogP) is 1.89. The van der Waals surface area contributed by atoms with E-state index in [0.29, 0.717) is 30.9 Å². The van der Waals surface area contributed by atoms with E-state index in [1.54, 1.807) is 38.1 Å². The molecule has 0 radical (unpaired) electrons. The number of aromatic nitrogens is 2. The molecule has 1 N–H and O–H groups in total. The summed E-state index contributed by atoms with van der Waals surface area (Å²) in [7, 11) is 1.58. The second-order valence-corrected chi connectivity index (χ2v) is 11.1. The predicted molar refractivity (Wildman–Crippen MR) is 134 cm³/mol. The number of carbonyl (C=O) groups excluding carboxylic acids is 1. The van der Waals surface area contributed by atoms with Gasteiger partial charge in [-0.2, -0.15) is 4.31 Å². The average molecular weight is 531 g/mol. The van der Waals surface area contributed by atoms with Gasteiger partial charge in [0.2, 0.25) is 15.9 Å². The molecule has 1 aromatic heterocycles. The van der Waals surface area contributed by atoms with Crippen molar-refractivity contribution in [2.45, 2.75) is 24.8 Å². The summed E-state index contributed by atoms with van der Waals surface area (Å²) in [5.74, 6) is -0.327. The number of nitrogens with zero attached hydrogens (tertiary/aromatic N) is 5. The highest BCUT2D eigenvalue weighted by Crippen LogP contribution is 2.27. The Morgan fingerprint density at radius 1 is 1.15 bits per heavy atom. The molecule has 3 rings (SSSR count). The van der Waals surface area contributed by atoms with E-state index in [-0.39, 0.29) is 20.8 Å². The van der Waals surface area contributed by atoms with Crippen molar-refractivity contribution in [2.24, 2.45) is 0 Å². The number of rotatable bonds is 6. The van der Waals surface area contributed by atoms with Gasteiger partial charge in [-0.25, -0.2) is 13.1 Å². The summed E-state index contributed by atoms with van der Waals surface area (Å²) in [6.07, 6.45) is 0.742. The fourth-order valence-corrected chi connectivity index (χ4v) is 5.79. The van der Waals surface area contributed by atoms with E-state index in [1.165, 1.54) is 10.4 Å². The van der Waals surface area contributed by atoms with Crippen LogP contribution in [-0.2, 0) is 21.4 Å². The molecule has 13 heteroatoms. The van der Waals surface area contributed by atoms with Gasteiger partial charge in [0.05, 0.1) is 4.90 Å². The Hall–Kier alpha value is -2.18. The first-order chi connectivity index (χ1) is 15.9. The summed E-state index contributed by atoms with van der Waals surface area (Å²) in [5, 5.41) is 6.52. The molecule has 0 aliphatic carbocycles. The van der Waals surface area contributed by atoms with Crippen LogP contribution in [-0.4, -0.2) is 80.6 Å². The van der Waals surface area contributed by atoms with Crippen LogP contribution in [0.1, 0.15) is 12.0 Å². The highest BCUT2D eigenvalue weighted by atomic mass is 35.5. The van der Waals surface area contributed by atoms with E-state index in [0.717, 1.165) is 17.6 Å². The maximum absolute atomic E-state index is 13.3. The van der Waals surface area contributed by atoms with Crippen LogP contribution >= 0.6 is 23.2 Å². The standard InChI is InChI=1S/C21H28Cl2N6O4S/c1-14-6-7-15(12-16(14)34(32,33)28-9-5-8-27(4)10-11-28)24-17(30)13-29-21(31)19(23)18(22)20(25-29)26(2)3/h6-7,12H,5,8-11,13H2,1-4H3,(H,24,30). The molecule has 1 amide bonds. The molecule has 1 saturated heterocycles. The van der Waals surface area contributed by atoms with Gasteiger partial charge in [0, 0.05) is 39.4 Å². The van der Waals surface area contributed by atoms with Gasteiger partial charge in [-0.3, -0.25) is 9.59 Å². The molecule has 1 aromatic carbocycles. The first-order valence-corrected chi connectivity index (χ1v) is 12.8. The molecule has 186 valence electrons. The van der Waals surface area contributed by atoms with Gasteiger partial charge in [-0.1, -0.05) is 29.3 Å². The van der Waals surface area contributed by atoms with Gasteiger partial charge in [-0.05, 0) is 44.6 Å². The number of nitrogens with one attached hydrogen (secondary N) is 1. The van der Waals surface area contributed by atoms with Crippen molar-refractivity contribution in [2.75, 3.05) is 57.5 Å². The number of carbonyl (C=O) groups is 1. The van der Waals surface area contributed by atoms with Crippen molar-refractivity contribution in [1.29, 1.82) is 0 Å². The summed E-state index contributed by atoms with van der Waals surface area (Å²) in [6, 6.07) is 4.69. The van der Waals surface area contributed by atoms with Gasteiger partial charge < -0.3 is 15.1 Å². The van der Waals surface area contributed by atoms with Gasteiger partial charge in [-0.15, -0.1) is 5.10 Å². The van der Waals surface area contributed by atoms with E-state index < -0.39 is 28.0 Å². The molecule has 0 bridgehead atoms. The number of hydrogen-bond donors (Lipinski definition) is 1. The normalized spacial score (nSPS) is 15.7. The molecule has 1 fully saturated rings. The molecular formula is C21H28Cl2N6O4S. The first-order valence-electron chi connectivity index (χ1n) is 10.6. The first kappa shape index (κ1) is 26.4. The van der Waals surface area contributed by atoms with Crippen LogP contribution in [0.15, 0.2) is 27.9 Å². The van der Waals surface area contributed by atoms with Gasteiger partial charge in [0.1, 0.15) is 16.6 Å². The second-order valence-electron chi connectivity index (χ2n) is 8.40. The molecule has 1 aliphatic rings. The van der Waals surface area contributed by atoms with E-state index in [9.17, 15) is 18.0 Å². The number of anilines is 2. The van der Waals surface area contributed by atoms with Crippen molar-refractivity contribution >= 4 is 50.6 Å². The molecule has 10 nitrogen and oxygen atoms in total. The monoisotopic (exact) mass is 530 g/mol. The van der Waals surface area contributed by atoms with Gasteiger partial charge in [0.15, 0.2) is 5.82 Å². The van der Waals surface area contributed by atoms with Crippen molar-refractivity contribution in [3.05, 3.63) is 44.2 Å². The van der Waals surface area contributed by atoms with Crippen molar-refractivity contribution in [3.8, 4) is 0 Å². The molecule has 2 heterocycles. The number of sulfonamides is 1. The lowest BCUT2D eigenvalue weighted by molar-refractivity contribution is -0.117. The highest BCUT2D eigenvalue weighted by molar-refractivity contribution is 7.89. The quantitative estimate of drug-likeness (QED) is 0.607. The summed E-state index contributed by atoms with van der Waals surface area (Å²) in [6.45, 7) is 3.60. The fourth-order valence-electron chi connectivity index (χ4n) is 3.60. The van der Waals surface area contributed by atoms with Crippen LogP contribution in [0.25, 0.3) is 0 Å². The maximum atomic E-state index is 13.3. The molecule has 1 aliphatic heterocycles. The van der Waals surface area contributed by atoms with Crippen molar-refractivity contribution in [3.63, 3.8) is 0 Å². The summed E-state index contributed by atoms with van der Waals surface area (Å²) >= 11 is 12.1. The van der Waals surface area contributed by atoms with E-state index in [2.05, 4.69) is 15.3 Å². The van der Waals surface area contributed by atoms with Gasteiger partial charge in [0.25, 0.3) is 5.56 Å². The second kappa shape index (κ2) is 10.6. The average Bonchev–Trinajstić information content (AvgIpc) is 3.00. The third kappa shape index (κ3) is 5.72. The summed E-state index contributed by atoms with van der Waals surface area (Å²) in [4.78, 5) is 28.9. The van der Waals surface area contributed by atoms with Crippen LogP contribution in [0.4, 0.5) is 11.5 Å². The topological polar surface area (TPSA) is 108 Å². The van der Waals surface area contributed by atoms with E-state index in [4.69, 9.17) is 23.2 Å². The van der Waals surface area contributed by atoms with Gasteiger partial charge >= 0.3 is 0 Å². The van der Waals surface area contributed by atoms with Crippen LogP contribution in [0.5, 0.6) is 0 Å². The number of likely N-dealkylation sites (N-methyl/N-ethyl adjacent to an activating group) is 1. The Morgan fingerprint density at radius 2 is 1.85 bits per heavy atom. The number of amides is 1. The molecule has 0 unspecified atom stereocenters. The largest absolute Gasteiger partial charge is 0.360 e. The minimum Gasteiger partial charge on any atom is -0.360 e. The Kier molecular flexibility index (Phi) is 8.25. The Balaban J connectivity index is 1.83. The molecule has 0 spiro atoms.